The maximum atomic E-state index is 6.04. The van der Waals surface area contributed by atoms with Crippen LogP contribution in [0.5, 0.6) is 5.88 Å². The van der Waals surface area contributed by atoms with Crippen molar-refractivity contribution in [3.05, 3.63) is 30.6 Å². The maximum Gasteiger partial charge on any atom is 0.224 e. The van der Waals surface area contributed by atoms with E-state index in [4.69, 9.17) is 10.5 Å². The lowest BCUT2D eigenvalue weighted by Crippen LogP contribution is -2.41. The molecule has 1 aromatic carbocycles. The quantitative estimate of drug-likeness (QED) is 0.875. The fourth-order valence-electron chi connectivity index (χ4n) is 1.43. The number of aromatic nitrogens is 2. The molecule has 1 atom stereocenters. The van der Waals surface area contributed by atoms with Gasteiger partial charge in [0.2, 0.25) is 5.88 Å². The van der Waals surface area contributed by atoms with Gasteiger partial charge >= 0.3 is 0 Å². The Bertz CT molecular complexity index is 505. The van der Waals surface area contributed by atoms with Gasteiger partial charge in [0, 0.05) is 5.54 Å². The fourth-order valence-corrected chi connectivity index (χ4v) is 1.43. The van der Waals surface area contributed by atoms with E-state index in [0.29, 0.717) is 12.5 Å². The van der Waals surface area contributed by atoms with Gasteiger partial charge in [-0.25, -0.2) is 9.97 Å². The lowest BCUT2D eigenvalue weighted by atomic mass is 10.0. The smallest absolute Gasteiger partial charge is 0.224 e. The molecule has 1 unspecified atom stereocenters. The summed E-state index contributed by atoms with van der Waals surface area (Å²) in [7, 11) is 0. The maximum absolute atomic E-state index is 6.04. The zero-order chi connectivity index (χ0) is 12.3. The first kappa shape index (κ1) is 11.8. The van der Waals surface area contributed by atoms with Crippen LogP contribution in [0.25, 0.3) is 10.9 Å². The van der Waals surface area contributed by atoms with Gasteiger partial charge in [-0.3, -0.25) is 0 Å². The Kier molecular flexibility index (Phi) is 3.24. The van der Waals surface area contributed by atoms with Gasteiger partial charge in [-0.2, -0.15) is 0 Å². The van der Waals surface area contributed by atoms with Crippen molar-refractivity contribution in [3.8, 4) is 5.88 Å². The van der Waals surface area contributed by atoms with Crippen LogP contribution in [0.1, 0.15) is 20.3 Å². The molecule has 0 saturated heterocycles. The minimum Gasteiger partial charge on any atom is -0.475 e. The van der Waals surface area contributed by atoms with Crippen LogP contribution in [0.3, 0.4) is 0 Å². The van der Waals surface area contributed by atoms with E-state index in [1.165, 1.54) is 6.33 Å². The zero-order valence-electron chi connectivity index (χ0n) is 10.2. The summed E-state index contributed by atoms with van der Waals surface area (Å²) in [6.45, 7) is 4.46. The standard InChI is InChI=1S/C13H17N3O/c1-3-13(2,14)8-17-12-10-6-4-5-7-11(10)15-9-16-12/h4-7,9H,3,8,14H2,1-2H3. The summed E-state index contributed by atoms with van der Waals surface area (Å²) >= 11 is 0. The normalized spacial score (nSPS) is 14.5. The summed E-state index contributed by atoms with van der Waals surface area (Å²) in [5.74, 6) is 0.598. The summed E-state index contributed by atoms with van der Waals surface area (Å²) < 4.78 is 5.70. The molecule has 0 saturated carbocycles. The van der Waals surface area contributed by atoms with Crippen LogP contribution >= 0.6 is 0 Å². The molecule has 0 aliphatic carbocycles. The van der Waals surface area contributed by atoms with Crippen molar-refractivity contribution in [2.75, 3.05) is 6.61 Å². The summed E-state index contributed by atoms with van der Waals surface area (Å²) in [6.07, 6.45) is 2.37. The number of nitrogens with two attached hydrogens (primary N) is 1. The monoisotopic (exact) mass is 231 g/mol. The number of ether oxygens (including phenoxy) is 1. The van der Waals surface area contributed by atoms with Crippen LogP contribution in [0.2, 0.25) is 0 Å². The van der Waals surface area contributed by atoms with Crippen molar-refractivity contribution in [3.63, 3.8) is 0 Å². The molecule has 0 spiro atoms. The molecule has 1 aromatic heterocycles. The highest BCUT2D eigenvalue weighted by Gasteiger charge is 2.17. The molecule has 0 fully saturated rings. The highest BCUT2D eigenvalue weighted by Crippen LogP contribution is 2.21. The minimum atomic E-state index is -0.327. The average Bonchev–Trinajstić information content (AvgIpc) is 2.36. The highest BCUT2D eigenvalue weighted by atomic mass is 16.5. The van der Waals surface area contributed by atoms with E-state index in [0.717, 1.165) is 17.3 Å². The molecular weight excluding hydrogens is 214 g/mol. The van der Waals surface area contributed by atoms with Crippen molar-refractivity contribution in [1.82, 2.24) is 9.97 Å². The minimum absolute atomic E-state index is 0.327. The Morgan fingerprint density at radius 1 is 1.29 bits per heavy atom. The molecule has 2 N–H and O–H groups in total. The second kappa shape index (κ2) is 4.67. The van der Waals surface area contributed by atoms with Gasteiger partial charge in [-0.05, 0) is 25.5 Å². The molecule has 0 aliphatic heterocycles. The number of rotatable bonds is 4. The molecule has 0 radical (unpaired) electrons. The topological polar surface area (TPSA) is 61.0 Å². The SMILES string of the molecule is CCC(C)(N)COc1ncnc2ccccc12. The first-order valence-electron chi connectivity index (χ1n) is 5.74. The van der Waals surface area contributed by atoms with Crippen LogP contribution in [-0.2, 0) is 0 Å². The number of fused-ring (bicyclic) bond motifs is 1. The van der Waals surface area contributed by atoms with Crippen LogP contribution in [0.4, 0.5) is 0 Å². The summed E-state index contributed by atoms with van der Waals surface area (Å²) in [4.78, 5) is 8.34. The van der Waals surface area contributed by atoms with Crippen molar-refractivity contribution < 1.29 is 4.74 Å². The lowest BCUT2D eigenvalue weighted by molar-refractivity contribution is 0.221. The number of nitrogens with zero attached hydrogens (tertiary/aromatic N) is 2. The van der Waals surface area contributed by atoms with E-state index in [-0.39, 0.29) is 5.54 Å². The van der Waals surface area contributed by atoms with Crippen molar-refractivity contribution in [2.24, 2.45) is 5.73 Å². The van der Waals surface area contributed by atoms with E-state index < -0.39 is 0 Å². The van der Waals surface area contributed by atoms with Gasteiger partial charge in [0.05, 0.1) is 10.9 Å². The van der Waals surface area contributed by atoms with Crippen molar-refractivity contribution >= 4 is 10.9 Å². The van der Waals surface area contributed by atoms with Crippen molar-refractivity contribution in [1.29, 1.82) is 0 Å². The number of benzene rings is 1. The number of hydrogen-bond acceptors (Lipinski definition) is 4. The van der Waals surface area contributed by atoms with Crippen LogP contribution in [0.15, 0.2) is 30.6 Å². The summed E-state index contributed by atoms with van der Waals surface area (Å²) in [5.41, 5.74) is 6.59. The van der Waals surface area contributed by atoms with E-state index in [1.807, 2.05) is 38.1 Å². The highest BCUT2D eigenvalue weighted by molar-refractivity contribution is 5.82. The molecule has 17 heavy (non-hydrogen) atoms. The first-order valence-corrected chi connectivity index (χ1v) is 5.74. The Morgan fingerprint density at radius 2 is 2.06 bits per heavy atom. The molecular formula is C13H17N3O. The summed E-state index contributed by atoms with van der Waals surface area (Å²) in [5, 5.41) is 0.918. The molecule has 2 rings (SSSR count). The zero-order valence-corrected chi connectivity index (χ0v) is 10.2. The molecule has 1 heterocycles. The third kappa shape index (κ3) is 2.71. The van der Waals surface area contributed by atoms with E-state index in [1.54, 1.807) is 0 Å². The molecule has 0 amide bonds. The largest absolute Gasteiger partial charge is 0.475 e. The van der Waals surface area contributed by atoms with Gasteiger partial charge in [-0.1, -0.05) is 19.1 Å². The van der Waals surface area contributed by atoms with Gasteiger partial charge in [0.15, 0.2) is 0 Å². The van der Waals surface area contributed by atoms with E-state index in [2.05, 4.69) is 9.97 Å². The predicted molar refractivity (Wildman–Crippen MR) is 67.9 cm³/mol. The Morgan fingerprint density at radius 3 is 2.82 bits per heavy atom. The van der Waals surface area contributed by atoms with Crippen LogP contribution < -0.4 is 10.5 Å². The van der Waals surface area contributed by atoms with E-state index in [9.17, 15) is 0 Å². The average molecular weight is 231 g/mol. The second-order valence-electron chi connectivity index (χ2n) is 4.49. The molecule has 2 aromatic rings. The third-order valence-corrected chi connectivity index (χ3v) is 2.85. The van der Waals surface area contributed by atoms with Gasteiger partial charge in [0.1, 0.15) is 12.9 Å². The Hall–Kier alpha value is -1.68. The molecule has 4 heteroatoms. The molecule has 90 valence electrons. The summed E-state index contributed by atoms with van der Waals surface area (Å²) in [6, 6.07) is 7.77. The number of hydrogen-bond donors (Lipinski definition) is 1. The van der Waals surface area contributed by atoms with Gasteiger partial charge in [-0.15, -0.1) is 0 Å². The number of para-hydroxylation sites is 1. The fraction of sp³-hybridized carbons (Fsp3) is 0.385. The van der Waals surface area contributed by atoms with Crippen molar-refractivity contribution in [2.45, 2.75) is 25.8 Å². The predicted octanol–water partition coefficient (Wildman–Crippen LogP) is 2.14. The second-order valence-corrected chi connectivity index (χ2v) is 4.49. The Labute approximate surface area is 101 Å². The van der Waals surface area contributed by atoms with Crippen LogP contribution in [-0.4, -0.2) is 22.1 Å². The molecule has 4 nitrogen and oxygen atoms in total. The third-order valence-electron chi connectivity index (χ3n) is 2.85. The van der Waals surface area contributed by atoms with Crippen LogP contribution in [0, 0.1) is 0 Å². The first-order chi connectivity index (χ1) is 8.12. The Balaban J connectivity index is 2.24. The van der Waals surface area contributed by atoms with E-state index >= 15 is 0 Å². The lowest BCUT2D eigenvalue weighted by Gasteiger charge is -2.22. The molecule has 0 bridgehead atoms. The molecule has 0 aliphatic rings. The van der Waals surface area contributed by atoms with Gasteiger partial charge in [0.25, 0.3) is 0 Å². The van der Waals surface area contributed by atoms with Gasteiger partial charge < -0.3 is 10.5 Å².